The van der Waals surface area contributed by atoms with Crippen LogP contribution >= 0.6 is 23.2 Å². The Balaban J connectivity index is 1.51. The van der Waals surface area contributed by atoms with Gasteiger partial charge in [0.15, 0.2) is 11.5 Å². The maximum atomic E-state index is 12.0. The van der Waals surface area contributed by atoms with E-state index < -0.39 is 11.8 Å². The standard InChI is InChI=1S/C25H23Cl2N3O5/c1-33-19-7-3-16(4-8-19)13-28-24(31)25(32)30-29-14-17-6-10-22(23(12-17)34-2)35-15-18-5-9-20(26)21(27)11-18/h3-12,14H,13,15H2,1-2H3,(H,28,31)(H,30,32)/b29-14-. The van der Waals surface area contributed by atoms with Crippen molar-refractivity contribution in [3.05, 3.63) is 87.4 Å². The number of rotatable bonds is 9. The zero-order valence-electron chi connectivity index (χ0n) is 19.0. The average molecular weight is 516 g/mol. The lowest BCUT2D eigenvalue weighted by Crippen LogP contribution is -2.37. The third kappa shape index (κ3) is 7.63. The molecule has 0 bridgehead atoms. The topological polar surface area (TPSA) is 98.2 Å². The molecule has 182 valence electrons. The fraction of sp³-hybridized carbons (Fsp3) is 0.160. The molecule has 35 heavy (non-hydrogen) atoms. The fourth-order valence-electron chi connectivity index (χ4n) is 2.90. The quantitative estimate of drug-likeness (QED) is 0.250. The lowest BCUT2D eigenvalue weighted by atomic mass is 10.2. The first-order valence-electron chi connectivity index (χ1n) is 10.4. The van der Waals surface area contributed by atoms with E-state index >= 15 is 0 Å². The van der Waals surface area contributed by atoms with Gasteiger partial charge in [-0.15, -0.1) is 0 Å². The smallest absolute Gasteiger partial charge is 0.329 e. The second kappa shape index (κ2) is 12.6. The minimum atomic E-state index is -0.886. The number of methoxy groups -OCH3 is 2. The minimum absolute atomic E-state index is 0.195. The summed E-state index contributed by atoms with van der Waals surface area (Å²) in [4.78, 5) is 24.0. The Bertz CT molecular complexity index is 1220. The molecule has 3 rings (SSSR count). The highest BCUT2D eigenvalue weighted by Gasteiger charge is 2.12. The fourth-order valence-corrected chi connectivity index (χ4v) is 3.22. The Morgan fingerprint density at radius 2 is 1.60 bits per heavy atom. The summed E-state index contributed by atoms with van der Waals surface area (Å²) in [5.74, 6) is -0.00463. The van der Waals surface area contributed by atoms with Gasteiger partial charge in [0.1, 0.15) is 12.4 Å². The van der Waals surface area contributed by atoms with Gasteiger partial charge in [0, 0.05) is 6.54 Å². The number of hydrogen-bond donors (Lipinski definition) is 2. The molecule has 2 amide bonds. The summed E-state index contributed by atoms with van der Waals surface area (Å²) < 4.78 is 16.3. The van der Waals surface area contributed by atoms with E-state index in [1.165, 1.54) is 13.3 Å². The van der Waals surface area contributed by atoms with Crippen LogP contribution in [0, 0.1) is 0 Å². The van der Waals surface area contributed by atoms with Crippen LogP contribution in [0.3, 0.4) is 0 Å². The van der Waals surface area contributed by atoms with Crippen LogP contribution in [0.1, 0.15) is 16.7 Å². The van der Waals surface area contributed by atoms with Crippen LogP contribution in [0.5, 0.6) is 17.2 Å². The van der Waals surface area contributed by atoms with Gasteiger partial charge in [-0.25, -0.2) is 5.43 Å². The monoisotopic (exact) mass is 515 g/mol. The number of nitrogens with zero attached hydrogens (tertiary/aromatic N) is 1. The van der Waals surface area contributed by atoms with Gasteiger partial charge >= 0.3 is 11.8 Å². The van der Waals surface area contributed by atoms with Crippen molar-refractivity contribution in [2.45, 2.75) is 13.2 Å². The zero-order chi connectivity index (χ0) is 25.2. The number of amides is 2. The summed E-state index contributed by atoms with van der Waals surface area (Å²) in [7, 11) is 3.08. The van der Waals surface area contributed by atoms with Gasteiger partial charge in [0.2, 0.25) is 0 Å². The maximum Gasteiger partial charge on any atom is 0.329 e. The summed E-state index contributed by atoms with van der Waals surface area (Å²) in [6.07, 6.45) is 1.39. The predicted molar refractivity (Wildman–Crippen MR) is 134 cm³/mol. The van der Waals surface area contributed by atoms with E-state index in [0.717, 1.165) is 11.1 Å². The van der Waals surface area contributed by atoms with Crippen molar-refractivity contribution in [2.75, 3.05) is 14.2 Å². The normalized spacial score (nSPS) is 10.6. The van der Waals surface area contributed by atoms with Crippen molar-refractivity contribution in [3.8, 4) is 17.2 Å². The van der Waals surface area contributed by atoms with Gasteiger partial charge in [0.05, 0.1) is 30.5 Å². The van der Waals surface area contributed by atoms with Crippen LogP contribution in [0.25, 0.3) is 0 Å². The van der Waals surface area contributed by atoms with E-state index in [1.807, 2.05) is 6.07 Å². The molecule has 0 atom stereocenters. The molecule has 0 saturated carbocycles. The van der Waals surface area contributed by atoms with Crippen LogP contribution < -0.4 is 25.0 Å². The molecular weight excluding hydrogens is 493 g/mol. The first kappa shape index (κ1) is 25.9. The molecule has 10 heteroatoms. The molecule has 8 nitrogen and oxygen atoms in total. The molecule has 0 unspecified atom stereocenters. The number of ether oxygens (including phenoxy) is 3. The number of halogens is 2. The Kier molecular flexibility index (Phi) is 9.34. The molecule has 3 aromatic carbocycles. The molecule has 0 aliphatic heterocycles. The molecule has 0 aliphatic carbocycles. The van der Waals surface area contributed by atoms with E-state index in [-0.39, 0.29) is 13.2 Å². The number of nitrogens with one attached hydrogen (secondary N) is 2. The Labute approximate surface area is 212 Å². The van der Waals surface area contributed by atoms with Crippen molar-refractivity contribution in [1.29, 1.82) is 0 Å². The average Bonchev–Trinajstić information content (AvgIpc) is 2.88. The molecular formula is C25H23Cl2N3O5. The number of hydrazone groups is 1. The lowest BCUT2D eigenvalue weighted by molar-refractivity contribution is -0.139. The molecule has 0 spiro atoms. The number of benzene rings is 3. The number of carbonyl (C=O) groups is 2. The predicted octanol–water partition coefficient (Wildman–Crippen LogP) is 4.36. The lowest BCUT2D eigenvalue weighted by Gasteiger charge is -2.11. The zero-order valence-corrected chi connectivity index (χ0v) is 20.5. The second-order valence-electron chi connectivity index (χ2n) is 7.18. The van der Waals surface area contributed by atoms with Crippen molar-refractivity contribution >= 4 is 41.2 Å². The molecule has 0 aliphatic rings. The SMILES string of the molecule is COc1ccc(CNC(=O)C(=O)N/N=C\c2ccc(OCc3ccc(Cl)c(Cl)c3)c(OC)c2)cc1. The van der Waals surface area contributed by atoms with Crippen molar-refractivity contribution in [3.63, 3.8) is 0 Å². The van der Waals surface area contributed by atoms with Gasteiger partial charge < -0.3 is 19.5 Å². The van der Waals surface area contributed by atoms with Gasteiger partial charge in [-0.05, 0) is 59.2 Å². The van der Waals surface area contributed by atoms with Crippen LogP contribution in [0.4, 0.5) is 0 Å². The van der Waals surface area contributed by atoms with Gasteiger partial charge in [-0.1, -0.05) is 41.4 Å². The number of carbonyl (C=O) groups excluding carboxylic acids is 2. The highest BCUT2D eigenvalue weighted by atomic mass is 35.5. The van der Waals surface area contributed by atoms with Crippen LogP contribution in [-0.4, -0.2) is 32.2 Å². The molecule has 0 saturated heterocycles. The first-order chi connectivity index (χ1) is 16.9. The molecule has 0 fully saturated rings. The van der Waals surface area contributed by atoms with E-state index in [9.17, 15) is 9.59 Å². The molecule has 0 radical (unpaired) electrons. The largest absolute Gasteiger partial charge is 0.497 e. The summed E-state index contributed by atoms with van der Waals surface area (Å²) in [6, 6.07) is 17.5. The van der Waals surface area contributed by atoms with E-state index in [2.05, 4.69) is 15.8 Å². The summed E-state index contributed by atoms with van der Waals surface area (Å²) in [5, 5.41) is 7.28. The molecule has 2 N–H and O–H groups in total. The third-order valence-corrected chi connectivity index (χ3v) is 5.50. The second-order valence-corrected chi connectivity index (χ2v) is 7.99. The molecule has 3 aromatic rings. The van der Waals surface area contributed by atoms with Crippen LogP contribution in [-0.2, 0) is 22.7 Å². The highest BCUT2D eigenvalue weighted by Crippen LogP contribution is 2.29. The van der Waals surface area contributed by atoms with Gasteiger partial charge in [0.25, 0.3) is 0 Å². The third-order valence-electron chi connectivity index (χ3n) is 4.76. The van der Waals surface area contributed by atoms with Gasteiger partial charge in [-0.2, -0.15) is 5.10 Å². The highest BCUT2D eigenvalue weighted by molar-refractivity contribution is 6.42. The van der Waals surface area contributed by atoms with Gasteiger partial charge in [-0.3, -0.25) is 9.59 Å². The van der Waals surface area contributed by atoms with E-state index in [4.69, 9.17) is 37.4 Å². The van der Waals surface area contributed by atoms with Crippen LogP contribution in [0.2, 0.25) is 10.0 Å². The Morgan fingerprint density at radius 1 is 0.857 bits per heavy atom. The van der Waals surface area contributed by atoms with Crippen molar-refractivity contribution < 1.29 is 23.8 Å². The summed E-state index contributed by atoms with van der Waals surface area (Å²) >= 11 is 12.0. The number of hydrogen-bond acceptors (Lipinski definition) is 6. The van der Waals surface area contributed by atoms with Crippen molar-refractivity contribution in [1.82, 2.24) is 10.7 Å². The molecule has 0 aromatic heterocycles. The van der Waals surface area contributed by atoms with Crippen LogP contribution in [0.15, 0.2) is 65.8 Å². The molecule has 0 heterocycles. The van der Waals surface area contributed by atoms with E-state index in [0.29, 0.717) is 32.9 Å². The Hall–Kier alpha value is -3.75. The first-order valence-corrected chi connectivity index (χ1v) is 11.1. The Morgan fingerprint density at radius 3 is 2.29 bits per heavy atom. The minimum Gasteiger partial charge on any atom is -0.497 e. The maximum absolute atomic E-state index is 12.0. The summed E-state index contributed by atoms with van der Waals surface area (Å²) in [5.41, 5.74) is 4.50. The van der Waals surface area contributed by atoms with E-state index in [1.54, 1.807) is 61.7 Å². The summed E-state index contributed by atoms with van der Waals surface area (Å²) in [6.45, 7) is 0.462. The van der Waals surface area contributed by atoms with Crippen molar-refractivity contribution in [2.24, 2.45) is 5.10 Å².